The van der Waals surface area contributed by atoms with Gasteiger partial charge in [-0.15, -0.1) is 0 Å². The van der Waals surface area contributed by atoms with Crippen molar-refractivity contribution in [2.24, 2.45) is 23.7 Å². The van der Waals surface area contributed by atoms with Gasteiger partial charge in [0.15, 0.2) is 0 Å². The van der Waals surface area contributed by atoms with E-state index in [1.807, 2.05) is 0 Å². The van der Waals surface area contributed by atoms with E-state index in [1.54, 1.807) is 0 Å². The van der Waals surface area contributed by atoms with Crippen LogP contribution in [0, 0.1) is 23.7 Å². The van der Waals surface area contributed by atoms with Gasteiger partial charge >= 0.3 is 0 Å². The molecular weight excluding hydrogens is 230 g/mol. The van der Waals surface area contributed by atoms with Gasteiger partial charge in [-0.2, -0.15) is 0 Å². The Morgan fingerprint density at radius 2 is 1.11 bits per heavy atom. The summed E-state index contributed by atoms with van der Waals surface area (Å²) in [4.78, 5) is 2.81. The Morgan fingerprint density at radius 1 is 0.632 bits per heavy atom. The molecule has 6 atom stereocenters. The summed E-state index contributed by atoms with van der Waals surface area (Å²) >= 11 is 0. The van der Waals surface area contributed by atoms with E-state index in [-0.39, 0.29) is 0 Å². The maximum atomic E-state index is 2.81. The summed E-state index contributed by atoms with van der Waals surface area (Å²) < 4.78 is 0. The van der Waals surface area contributed by atoms with Gasteiger partial charge in [0.25, 0.3) is 0 Å². The summed E-state index contributed by atoms with van der Waals surface area (Å²) in [6, 6.07) is 1.47. The number of rotatable bonds is 5. The topological polar surface area (TPSA) is 3.24 Å². The van der Waals surface area contributed by atoms with E-state index in [4.69, 9.17) is 0 Å². The Morgan fingerprint density at radius 3 is 1.53 bits per heavy atom. The highest BCUT2D eigenvalue weighted by Gasteiger charge is 2.38. The first kappa shape index (κ1) is 17.0. The third-order valence-electron chi connectivity index (χ3n) is 6.33. The molecule has 0 saturated carbocycles. The average Bonchev–Trinajstić information content (AvgIpc) is 2.46. The van der Waals surface area contributed by atoms with E-state index in [0.717, 1.165) is 35.8 Å². The van der Waals surface area contributed by atoms with Gasteiger partial charge in [-0.05, 0) is 50.5 Å². The van der Waals surface area contributed by atoms with Crippen molar-refractivity contribution in [2.75, 3.05) is 6.54 Å². The molecule has 0 aromatic carbocycles. The van der Waals surface area contributed by atoms with Crippen LogP contribution in [0.15, 0.2) is 0 Å². The highest BCUT2D eigenvalue weighted by atomic mass is 15.2. The molecule has 0 aromatic heterocycles. The Hall–Kier alpha value is -0.0400. The molecule has 1 saturated heterocycles. The maximum absolute atomic E-state index is 2.81. The summed E-state index contributed by atoms with van der Waals surface area (Å²) in [6.45, 7) is 18.4. The molecule has 0 spiro atoms. The van der Waals surface area contributed by atoms with E-state index in [9.17, 15) is 0 Å². The molecule has 0 aliphatic carbocycles. The number of unbranched alkanes of at least 4 members (excludes halogenated alkanes) is 3. The van der Waals surface area contributed by atoms with Crippen LogP contribution >= 0.6 is 0 Å². The van der Waals surface area contributed by atoms with Gasteiger partial charge < -0.3 is 0 Å². The van der Waals surface area contributed by atoms with Crippen LogP contribution in [0.2, 0.25) is 0 Å². The Bertz CT molecular complexity index is 230. The van der Waals surface area contributed by atoms with Crippen LogP contribution in [0.3, 0.4) is 0 Å². The summed E-state index contributed by atoms with van der Waals surface area (Å²) in [5.74, 6) is 3.31. The monoisotopic (exact) mass is 267 g/mol. The molecule has 1 rings (SSSR count). The van der Waals surface area contributed by atoms with Crippen LogP contribution in [-0.4, -0.2) is 23.5 Å². The van der Waals surface area contributed by atoms with Crippen molar-refractivity contribution >= 4 is 0 Å². The zero-order valence-corrected chi connectivity index (χ0v) is 14.4. The second-order valence-electron chi connectivity index (χ2n) is 7.22. The fraction of sp³-hybridized carbons (Fsp3) is 1.00. The molecule has 114 valence electrons. The van der Waals surface area contributed by atoms with Crippen LogP contribution < -0.4 is 0 Å². The maximum Gasteiger partial charge on any atom is 0.00981 e. The first-order valence-corrected chi connectivity index (χ1v) is 8.67. The molecule has 1 fully saturated rings. The number of nitrogens with zero attached hydrogens (tertiary/aromatic N) is 1. The van der Waals surface area contributed by atoms with Crippen LogP contribution in [0.1, 0.15) is 74.1 Å². The third-order valence-corrected chi connectivity index (χ3v) is 6.33. The van der Waals surface area contributed by atoms with Crippen molar-refractivity contribution in [3.8, 4) is 0 Å². The van der Waals surface area contributed by atoms with Crippen molar-refractivity contribution in [2.45, 2.75) is 86.2 Å². The van der Waals surface area contributed by atoms with E-state index in [0.29, 0.717) is 0 Å². The van der Waals surface area contributed by atoms with Gasteiger partial charge in [-0.25, -0.2) is 0 Å². The molecule has 0 N–H and O–H groups in total. The predicted molar refractivity (Wildman–Crippen MR) is 86.4 cm³/mol. The standard InChI is InChI=1S/C18H37N/c1-8-9-10-11-12-19-17(6)15(4)13(2)14(3)16(5)18(19)7/h13-18H,8-12H2,1-7H3. The normalized spacial score (nSPS) is 41.2. The zero-order valence-electron chi connectivity index (χ0n) is 14.4. The lowest BCUT2D eigenvalue weighted by Gasteiger charge is -2.37. The van der Waals surface area contributed by atoms with E-state index in [2.05, 4.69) is 53.4 Å². The van der Waals surface area contributed by atoms with E-state index in [1.165, 1.54) is 32.2 Å². The molecule has 6 unspecified atom stereocenters. The van der Waals surface area contributed by atoms with Crippen LogP contribution in [-0.2, 0) is 0 Å². The quantitative estimate of drug-likeness (QED) is 0.619. The van der Waals surface area contributed by atoms with Gasteiger partial charge in [-0.3, -0.25) is 4.90 Å². The van der Waals surface area contributed by atoms with Crippen molar-refractivity contribution in [1.29, 1.82) is 0 Å². The van der Waals surface area contributed by atoms with Crippen molar-refractivity contribution in [3.63, 3.8) is 0 Å². The largest absolute Gasteiger partial charge is 0.297 e. The van der Waals surface area contributed by atoms with Gasteiger partial charge in [0.2, 0.25) is 0 Å². The fourth-order valence-corrected chi connectivity index (χ4v) is 3.94. The Kier molecular flexibility index (Phi) is 6.86. The minimum absolute atomic E-state index is 0.735. The van der Waals surface area contributed by atoms with Crippen LogP contribution in [0.25, 0.3) is 0 Å². The molecule has 1 heterocycles. The fourth-order valence-electron chi connectivity index (χ4n) is 3.94. The summed E-state index contributed by atoms with van der Waals surface area (Å²) in [5, 5.41) is 0. The van der Waals surface area contributed by atoms with Crippen LogP contribution in [0.5, 0.6) is 0 Å². The van der Waals surface area contributed by atoms with Gasteiger partial charge in [-0.1, -0.05) is 53.9 Å². The van der Waals surface area contributed by atoms with E-state index >= 15 is 0 Å². The number of hydrogen-bond acceptors (Lipinski definition) is 1. The lowest BCUT2D eigenvalue weighted by Crippen LogP contribution is -2.45. The minimum Gasteiger partial charge on any atom is -0.297 e. The molecule has 1 nitrogen and oxygen atoms in total. The average molecular weight is 268 g/mol. The lowest BCUT2D eigenvalue weighted by atomic mass is 9.77. The summed E-state index contributed by atoms with van der Waals surface area (Å²) in [5.41, 5.74) is 0. The number of hydrogen-bond donors (Lipinski definition) is 0. The van der Waals surface area contributed by atoms with Crippen molar-refractivity contribution in [3.05, 3.63) is 0 Å². The molecule has 0 bridgehead atoms. The van der Waals surface area contributed by atoms with Crippen molar-refractivity contribution < 1.29 is 0 Å². The van der Waals surface area contributed by atoms with E-state index < -0.39 is 0 Å². The molecule has 19 heavy (non-hydrogen) atoms. The summed E-state index contributed by atoms with van der Waals surface area (Å²) in [6.07, 6.45) is 5.52. The highest BCUT2D eigenvalue weighted by Crippen LogP contribution is 2.38. The van der Waals surface area contributed by atoms with Gasteiger partial charge in [0.1, 0.15) is 0 Å². The summed E-state index contributed by atoms with van der Waals surface area (Å²) in [7, 11) is 0. The van der Waals surface area contributed by atoms with Gasteiger partial charge in [0, 0.05) is 12.1 Å². The zero-order chi connectivity index (χ0) is 14.6. The first-order valence-electron chi connectivity index (χ1n) is 8.67. The van der Waals surface area contributed by atoms with Gasteiger partial charge in [0.05, 0.1) is 0 Å². The number of likely N-dealkylation sites (tertiary alicyclic amines) is 1. The highest BCUT2D eigenvalue weighted by molar-refractivity contribution is 4.90. The second-order valence-corrected chi connectivity index (χ2v) is 7.22. The Labute approximate surface area is 122 Å². The second kappa shape index (κ2) is 7.67. The molecule has 0 radical (unpaired) electrons. The smallest absolute Gasteiger partial charge is 0.00981 e. The van der Waals surface area contributed by atoms with Crippen LogP contribution in [0.4, 0.5) is 0 Å². The first-order chi connectivity index (χ1) is 8.91. The molecule has 0 aromatic rings. The molecule has 0 amide bonds. The molecule has 1 heteroatoms. The third kappa shape index (κ3) is 3.97. The minimum atomic E-state index is 0.735. The SMILES string of the molecule is CCCCCCN1C(C)C(C)C(C)C(C)C(C)C1C. The molecular formula is C18H37N. The lowest BCUT2D eigenvalue weighted by molar-refractivity contribution is 0.102. The Balaban J connectivity index is 2.70. The molecule has 1 aliphatic rings. The predicted octanol–water partition coefficient (Wildman–Crippen LogP) is 5.20. The van der Waals surface area contributed by atoms with Crippen molar-refractivity contribution in [1.82, 2.24) is 4.90 Å². The molecule has 1 aliphatic heterocycles.